The number of halogens is 2. The topological polar surface area (TPSA) is 92.8 Å². The van der Waals surface area contributed by atoms with Crippen LogP contribution in [0.5, 0.6) is 0 Å². The van der Waals surface area contributed by atoms with Gasteiger partial charge in [-0.3, -0.25) is 9.10 Å². The SMILES string of the molecule is CCOC(=O)c1ccc(NC(=O)CN(c2cccc(F)c2)S(=O)(=O)c2ccc(SC)cc2)cc1Cl. The average Bonchev–Trinajstić information content (AvgIpc) is 2.82. The molecule has 0 radical (unpaired) electrons. The monoisotopic (exact) mass is 536 g/mol. The van der Waals surface area contributed by atoms with Crippen LogP contribution >= 0.6 is 23.4 Å². The highest BCUT2D eigenvalue weighted by Crippen LogP contribution is 2.27. The first kappa shape index (κ1) is 26.5. The molecule has 0 bridgehead atoms. The third-order valence-corrected chi connectivity index (χ3v) is 7.62. The van der Waals surface area contributed by atoms with Crippen LogP contribution in [0.2, 0.25) is 5.02 Å². The quantitative estimate of drug-likeness (QED) is 0.298. The first-order valence-electron chi connectivity index (χ1n) is 10.3. The highest BCUT2D eigenvalue weighted by molar-refractivity contribution is 7.98. The van der Waals surface area contributed by atoms with E-state index < -0.39 is 34.3 Å². The second-order valence-electron chi connectivity index (χ2n) is 7.13. The molecule has 11 heteroatoms. The Bertz CT molecular complexity index is 1330. The number of esters is 1. The van der Waals surface area contributed by atoms with Crippen molar-refractivity contribution in [3.05, 3.63) is 83.1 Å². The Hall–Kier alpha value is -3.08. The summed E-state index contributed by atoms with van der Waals surface area (Å²) in [7, 11) is -4.21. The number of anilines is 2. The normalized spacial score (nSPS) is 11.1. The van der Waals surface area contributed by atoms with Crippen LogP contribution in [0.25, 0.3) is 0 Å². The third-order valence-electron chi connectivity index (χ3n) is 4.78. The van der Waals surface area contributed by atoms with Crippen LogP contribution in [0, 0.1) is 5.82 Å². The first-order valence-corrected chi connectivity index (χ1v) is 13.4. The van der Waals surface area contributed by atoms with Crippen LogP contribution < -0.4 is 9.62 Å². The standard InChI is InChI=1S/C24H22ClFN2O5S2/c1-3-33-24(30)21-12-7-17(14-22(21)25)27-23(29)15-28(18-6-4-5-16(26)13-18)35(31,32)20-10-8-19(34-2)9-11-20/h4-14H,3,15H2,1-2H3,(H,27,29). The maximum atomic E-state index is 13.9. The van der Waals surface area contributed by atoms with Crippen molar-refractivity contribution in [1.82, 2.24) is 0 Å². The van der Waals surface area contributed by atoms with Crippen molar-refractivity contribution in [2.24, 2.45) is 0 Å². The van der Waals surface area contributed by atoms with Gasteiger partial charge < -0.3 is 10.1 Å². The zero-order chi connectivity index (χ0) is 25.6. The summed E-state index contributed by atoms with van der Waals surface area (Å²) < 4.78 is 46.5. The largest absolute Gasteiger partial charge is 0.462 e. The molecule has 0 fully saturated rings. The molecule has 0 heterocycles. The number of ether oxygens (including phenoxy) is 1. The second-order valence-corrected chi connectivity index (χ2v) is 10.3. The Morgan fingerprint density at radius 2 is 1.80 bits per heavy atom. The predicted molar refractivity (Wildman–Crippen MR) is 135 cm³/mol. The van der Waals surface area contributed by atoms with Crippen molar-refractivity contribution in [3.8, 4) is 0 Å². The Kier molecular flexibility index (Phi) is 8.76. The van der Waals surface area contributed by atoms with Crippen LogP contribution in [0.15, 0.2) is 76.5 Å². The fourth-order valence-corrected chi connectivity index (χ4v) is 5.20. The molecule has 1 amide bonds. The molecule has 0 saturated carbocycles. The van der Waals surface area contributed by atoms with Crippen LogP contribution in [0.3, 0.4) is 0 Å². The van der Waals surface area contributed by atoms with Gasteiger partial charge in [-0.25, -0.2) is 17.6 Å². The molecule has 0 saturated heterocycles. The summed E-state index contributed by atoms with van der Waals surface area (Å²) in [6.07, 6.45) is 1.86. The third kappa shape index (κ3) is 6.53. The van der Waals surface area contributed by atoms with Crippen molar-refractivity contribution in [3.63, 3.8) is 0 Å². The minimum atomic E-state index is -4.21. The zero-order valence-corrected chi connectivity index (χ0v) is 21.2. The predicted octanol–water partition coefficient (Wildman–Crippen LogP) is 5.21. The number of carbonyl (C=O) groups excluding carboxylic acids is 2. The summed E-state index contributed by atoms with van der Waals surface area (Å²) in [5, 5.41) is 2.62. The van der Waals surface area contributed by atoms with Gasteiger partial charge in [0.15, 0.2) is 0 Å². The number of hydrogen-bond donors (Lipinski definition) is 1. The molecule has 3 aromatic carbocycles. The summed E-state index contributed by atoms with van der Waals surface area (Å²) in [4.78, 5) is 25.6. The highest BCUT2D eigenvalue weighted by atomic mass is 35.5. The van der Waals surface area contributed by atoms with Gasteiger partial charge in [0, 0.05) is 10.6 Å². The van der Waals surface area contributed by atoms with Crippen LogP contribution in [-0.4, -0.2) is 39.7 Å². The van der Waals surface area contributed by atoms with Crippen LogP contribution in [0.4, 0.5) is 15.8 Å². The number of rotatable bonds is 9. The van der Waals surface area contributed by atoms with Crippen molar-refractivity contribution >= 4 is 56.6 Å². The first-order chi connectivity index (χ1) is 16.6. The van der Waals surface area contributed by atoms with Gasteiger partial charge in [0.2, 0.25) is 5.91 Å². The number of sulfonamides is 1. The maximum Gasteiger partial charge on any atom is 0.339 e. The van der Waals surface area contributed by atoms with Gasteiger partial charge in [-0.1, -0.05) is 17.7 Å². The van der Waals surface area contributed by atoms with Gasteiger partial charge in [-0.05, 0) is 73.8 Å². The summed E-state index contributed by atoms with van der Waals surface area (Å²) in [5.41, 5.74) is 0.364. The summed E-state index contributed by atoms with van der Waals surface area (Å²) in [6.45, 7) is 1.21. The van der Waals surface area contributed by atoms with Gasteiger partial charge in [-0.2, -0.15) is 0 Å². The number of benzene rings is 3. The van der Waals surface area contributed by atoms with Gasteiger partial charge >= 0.3 is 5.97 Å². The molecule has 0 unspecified atom stereocenters. The molecule has 7 nitrogen and oxygen atoms in total. The van der Waals surface area contributed by atoms with E-state index in [1.54, 1.807) is 19.1 Å². The molecule has 184 valence electrons. The molecular formula is C24H22ClFN2O5S2. The van der Waals surface area contributed by atoms with Crippen molar-refractivity contribution in [2.45, 2.75) is 16.7 Å². The highest BCUT2D eigenvalue weighted by Gasteiger charge is 2.28. The van der Waals surface area contributed by atoms with Crippen molar-refractivity contribution in [1.29, 1.82) is 0 Å². The number of nitrogens with one attached hydrogen (secondary N) is 1. The number of thioether (sulfide) groups is 1. The van der Waals surface area contributed by atoms with E-state index in [-0.39, 0.29) is 33.5 Å². The van der Waals surface area contributed by atoms with E-state index in [0.717, 1.165) is 15.3 Å². The molecule has 1 N–H and O–H groups in total. The average molecular weight is 537 g/mol. The lowest BCUT2D eigenvalue weighted by Gasteiger charge is -2.24. The number of amides is 1. The van der Waals surface area contributed by atoms with E-state index in [9.17, 15) is 22.4 Å². The smallest absolute Gasteiger partial charge is 0.339 e. The Morgan fingerprint density at radius 1 is 1.09 bits per heavy atom. The van der Waals surface area contributed by atoms with E-state index in [2.05, 4.69) is 5.32 Å². The molecule has 0 aromatic heterocycles. The van der Waals surface area contributed by atoms with Gasteiger partial charge in [0.25, 0.3) is 10.0 Å². The Morgan fingerprint density at radius 3 is 2.40 bits per heavy atom. The molecule has 3 rings (SSSR count). The van der Waals surface area contributed by atoms with E-state index >= 15 is 0 Å². The lowest BCUT2D eigenvalue weighted by molar-refractivity contribution is -0.114. The summed E-state index contributed by atoms with van der Waals surface area (Å²) in [5.74, 6) is -1.95. The minimum absolute atomic E-state index is 0.00946. The van der Waals surface area contributed by atoms with Crippen molar-refractivity contribution < 1.29 is 27.1 Å². The molecule has 0 aliphatic rings. The molecule has 0 aliphatic carbocycles. The molecule has 0 aliphatic heterocycles. The lowest BCUT2D eigenvalue weighted by Crippen LogP contribution is -2.38. The molecule has 0 spiro atoms. The van der Waals surface area contributed by atoms with E-state index in [1.165, 1.54) is 60.3 Å². The Labute approximate surface area is 212 Å². The number of hydrogen-bond acceptors (Lipinski definition) is 6. The molecular weight excluding hydrogens is 515 g/mol. The number of nitrogens with zero attached hydrogens (tertiary/aromatic N) is 1. The van der Waals surface area contributed by atoms with Gasteiger partial charge in [0.1, 0.15) is 12.4 Å². The summed E-state index contributed by atoms with van der Waals surface area (Å²) >= 11 is 7.59. The fraction of sp³-hybridized carbons (Fsp3) is 0.167. The Balaban J connectivity index is 1.88. The molecule has 35 heavy (non-hydrogen) atoms. The second kappa shape index (κ2) is 11.6. The van der Waals surface area contributed by atoms with E-state index in [1.807, 2.05) is 6.26 Å². The summed E-state index contributed by atoms with van der Waals surface area (Å²) in [6, 6.07) is 15.3. The van der Waals surface area contributed by atoms with Crippen molar-refractivity contribution in [2.75, 3.05) is 29.0 Å². The zero-order valence-electron chi connectivity index (χ0n) is 18.8. The van der Waals surface area contributed by atoms with E-state index in [4.69, 9.17) is 16.3 Å². The van der Waals surface area contributed by atoms with Gasteiger partial charge in [0.05, 0.1) is 27.8 Å². The lowest BCUT2D eigenvalue weighted by atomic mass is 10.2. The van der Waals surface area contributed by atoms with Crippen LogP contribution in [-0.2, 0) is 19.6 Å². The maximum absolute atomic E-state index is 13.9. The fourth-order valence-electron chi connectivity index (χ4n) is 3.12. The minimum Gasteiger partial charge on any atom is -0.462 e. The molecule has 3 aromatic rings. The van der Waals surface area contributed by atoms with Crippen LogP contribution in [0.1, 0.15) is 17.3 Å². The number of carbonyl (C=O) groups is 2. The van der Waals surface area contributed by atoms with E-state index in [0.29, 0.717) is 0 Å². The van der Waals surface area contributed by atoms with Gasteiger partial charge in [-0.15, -0.1) is 11.8 Å². The molecule has 0 atom stereocenters.